The highest BCUT2D eigenvalue weighted by atomic mass is 32.2. The van der Waals surface area contributed by atoms with Crippen LogP contribution in [0.4, 0.5) is 5.69 Å². The number of rotatable bonds is 2. The maximum atomic E-state index is 13.5. The first-order valence-electron chi connectivity index (χ1n) is 8.38. The second-order valence-corrected chi connectivity index (χ2v) is 8.87. The molecule has 2 atom stereocenters. The van der Waals surface area contributed by atoms with E-state index in [1.807, 2.05) is 63.2 Å². The number of fused-ring (bicyclic) bond motifs is 2. The summed E-state index contributed by atoms with van der Waals surface area (Å²) in [6.07, 6.45) is 2.60. The fourth-order valence-corrected chi connectivity index (χ4v) is 5.55. The average Bonchev–Trinajstić information content (AvgIpc) is 2.85. The van der Waals surface area contributed by atoms with E-state index in [9.17, 15) is 8.42 Å². The van der Waals surface area contributed by atoms with Gasteiger partial charge in [0.1, 0.15) is 11.6 Å². The van der Waals surface area contributed by atoms with Crippen LogP contribution in [0.15, 0.2) is 65.3 Å². The molecule has 4 rings (SSSR count). The van der Waals surface area contributed by atoms with Crippen molar-refractivity contribution in [2.75, 3.05) is 4.31 Å². The van der Waals surface area contributed by atoms with E-state index in [2.05, 4.69) is 0 Å². The zero-order valence-corrected chi connectivity index (χ0v) is 15.4. The Balaban J connectivity index is 1.92. The Labute approximate surface area is 148 Å². The van der Waals surface area contributed by atoms with Crippen LogP contribution in [0.2, 0.25) is 0 Å². The van der Waals surface area contributed by atoms with Crippen molar-refractivity contribution < 1.29 is 13.2 Å². The van der Waals surface area contributed by atoms with Crippen molar-refractivity contribution in [3.05, 3.63) is 71.5 Å². The van der Waals surface area contributed by atoms with E-state index >= 15 is 0 Å². The molecule has 0 amide bonds. The molecule has 0 aliphatic carbocycles. The quantitative estimate of drug-likeness (QED) is 0.823. The molecule has 2 aliphatic heterocycles. The van der Waals surface area contributed by atoms with E-state index in [0.29, 0.717) is 11.3 Å². The summed E-state index contributed by atoms with van der Waals surface area (Å²) in [6.45, 7) is 5.81. The van der Waals surface area contributed by atoms with Crippen LogP contribution >= 0.6 is 0 Å². The predicted molar refractivity (Wildman–Crippen MR) is 98.0 cm³/mol. The third-order valence-corrected chi connectivity index (χ3v) is 6.82. The number of anilines is 1. The second kappa shape index (κ2) is 5.36. The maximum Gasteiger partial charge on any atom is 0.265 e. The van der Waals surface area contributed by atoms with Crippen molar-refractivity contribution in [1.82, 2.24) is 0 Å². The maximum absolute atomic E-state index is 13.5. The molecule has 2 aliphatic rings. The van der Waals surface area contributed by atoms with Crippen LogP contribution in [-0.4, -0.2) is 20.1 Å². The monoisotopic (exact) mass is 355 g/mol. The van der Waals surface area contributed by atoms with Crippen LogP contribution in [-0.2, 0) is 21.2 Å². The first-order chi connectivity index (χ1) is 11.8. The largest absolute Gasteiger partial charge is 0.490 e. The van der Waals surface area contributed by atoms with Gasteiger partial charge < -0.3 is 4.74 Å². The molecule has 0 fully saturated rings. The topological polar surface area (TPSA) is 46.6 Å². The predicted octanol–water partition coefficient (Wildman–Crippen LogP) is 3.81. The first-order valence-corrected chi connectivity index (χ1v) is 9.82. The van der Waals surface area contributed by atoms with Gasteiger partial charge in [0.2, 0.25) is 0 Å². The average molecular weight is 355 g/mol. The summed E-state index contributed by atoms with van der Waals surface area (Å²) in [5.41, 5.74) is 2.17. The van der Waals surface area contributed by atoms with Crippen molar-refractivity contribution in [1.29, 1.82) is 0 Å². The summed E-state index contributed by atoms with van der Waals surface area (Å²) in [6, 6.07) is 14.3. The number of hydrogen-bond acceptors (Lipinski definition) is 3. The summed E-state index contributed by atoms with van der Waals surface area (Å²) in [5.74, 6) is 0.768. The third-order valence-electron chi connectivity index (χ3n) is 5.01. The fraction of sp³-hybridized carbons (Fsp3) is 0.300. The van der Waals surface area contributed by atoms with E-state index in [0.717, 1.165) is 22.6 Å². The van der Waals surface area contributed by atoms with Crippen LogP contribution in [0.5, 0.6) is 0 Å². The van der Waals surface area contributed by atoms with Crippen LogP contribution in [0.3, 0.4) is 0 Å². The zero-order valence-electron chi connectivity index (χ0n) is 14.6. The van der Waals surface area contributed by atoms with Gasteiger partial charge in [0.05, 0.1) is 16.3 Å². The molecule has 0 radical (unpaired) electrons. The number of para-hydroxylation sites is 1. The molecule has 0 spiro atoms. The molecule has 2 heterocycles. The molecular formula is C20H21NO3S. The second-order valence-electron chi connectivity index (χ2n) is 7.06. The highest BCUT2D eigenvalue weighted by molar-refractivity contribution is 7.92. The summed E-state index contributed by atoms with van der Waals surface area (Å²) in [5, 5.41) is 0. The molecular weight excluding hydrogens is 334 g/mol. The number of benzene rings is 2. The molecule has 0 saturated carbocycles. The summed E-state index contributed by atoms with van der Waals surface area (Å²) < 4.78 is 34.6. The Bertz CT molecular complexity index is 963. The summed E-state index contributed by atoms with van der Waals surface area (Å²) >= 11 is 0. The van der Waals surface area contributed by atoms with Gasteiger partial charge in [-0.25, -0.2) is 8.42 Å². The summed E-state index contributed by atoms with van der Waals surface area (Å²) in [7, 11) is -3.70. The van der Waals surface area contributed by atoms with Crippen molar-refractivity contribution in [3.63, 3.8) is 0 Å². The first kappa shape index (κ1) is 16.2. The number of ether oxygens (including phenoxy) is 1. The van der Waals surface area contributed by atoms with E-state index in [1.54, 1.807) is 12.1 Å². The number of sulfonamides is 1. The number of aryl methyl sites for hydroxylation is 1. The van der Waals surface area contributed by atoms with Crippen molar-refractivity contribution in [2.24, 2.45) is 0 Å². The third kappa shape index (κ3) is 2.45. The van der Waals surface area contributed by atoms with E-state index in [4.69, 9.17) is 4.74 Å². The molecule has 0 saturated heterocycles. The minimum absolute atomic E-state index is 0.301. The lowest BCUT2D eigenvalue weighted by Gasteiger charge is -2.44. The van der Waals surface area contributed by atoms with Crippen molar-refractivity contribution in [3.8, 4) is 0 Å². The highest BCUT2D eigenvalue weighted by Gasteiger charge is 2.51. The molecule has 5 heteroatoms. The SMILES string of the molecule is CC1=C[C@@H]2N(S(=O)(=O)c3ccc(C)cc3)c3ccccc3C[C@]2(C)O1. The van der Waals surface area contributed by atoms with Crippen LogP contribution in [0.25, 0.3) is 0 Å². The molecule has 0 aromatic heterocycles. The minimum atomic E-state index is -3.70. The van der Waals surface area contributed by atoms with Gasteiger partial charge in [-0.05, 0) is 50.6 Å². The molecule has 130 valence electrons. The van der Waals surface area contributed by atoms with Gasteiger partial charge in [0.15, 0.2) is 0 Å². The fourth-order valence-electron chi connectivity index (χ4n) is 3.82. The lowest BCUT2D eigenvalue weighted by atomic mass is 9.85. The smallest absolute Gasteiger partial charge is 0.265 e. The lowest BCUT2D eigenvalue weighted by Crippen LogP contribution is -2.55. The molecule has 25 heavy (non-hydrogen) atoms. The molecule has 2 aromatic rings. The Morgan fingerprint density at radius 2 is 1.76 bits per heavy atom. The molecule has 4 nitrogen and oxygen atoms in total. The lowest BCUT2D eigenvalue weighted by molar-refractivity contribution is 0.0311. The Morgan fingerprint density at radius 3 is 2.48 bits per heavy atom. The van der Waals surface area contributed by atoms with E-state index < -0.39 is 15.6 Å². The van der Waals surface area contributed by atoms with Gasteiger partial charge in [0.25, 0.3) is 10.0 Å². The van der Waals surface area contributed by atoms with Gasteiger partial charge in [-0.3, -0.25) is 4.31 Å². The van der Waals surface area contributed by atoms with Crippen molar-refractivity contribution >= 4 is 15.7 Å². The van der Waals surface area contributed by atoms with Gasteiger partial charge >= 0.3 is 0 Å². The molecule has 2 aromatic carbocycles. The van der Waals surface area contributed by atoms with Gasteiger partial charge in [0, 0.05) is 6.42 Å². The Morgan fingerprint density at radius 1 is 1.08 bits per heavy atom. The molecule has 0 N–H and O–H groups in total. The minimum Gasteiger partial charge on any atom is -0.490 e. The van der Waals surface area contributed by atoms with E-state index in [-0.39, 0.29) is 6.04 Å². The normalized spacial score (nSPS) is 25.0. The zero-order chi connectivity index (χ0) is 17.8. The van der Waals surface area contributed by atoms with Crippen LogP contribution < -0.4 is 4.31 Å². The van der Waals surface area contributed by atoms with E-state index in [1.165, 1.54) is 4.31 Å². The van der Waals surface area contributed by atoms with Gasteiger partial charge in [-0.1, -0.05) is 35.9 Å². The van der Waals surface area contributed by atoms with Gasteiger partial charge in [-0.2, -0.15) is 0 Å². The van der Waals surface area contributed by atoms with Crippen molar-refractivity contribution in [2.45, 2.75) is 43.7 Å². The van der Waals surface area contributed by atoms with Gasteiger partial charge in [-0.15, -0.1) is 0 Å². The summed E-state index contributed by atoms with van der Waals surface area (Å²) in [4.78, 5) is 0.301. The molecule has 0 bridgehead atoms. The van der Waals surface area contributed by atoms with Crippen LogP contribution in [0.1, 0.15) is 25.0 Å². The standard InChI is InChI=1S/C20H21NO3S/c1-14-8-10-17(11-9-14)25(22,23)21-18-7-5-4-6-16(18)13-20(3)19(21)12-15(2)24-20/h4-12,19H,13H2,1-3H3/t19-,20-/m0/s1. The number of nitrogens with zero attached hydrogens (tertiary/aromatic N) is 1. The van der Waals surface area contributed by atoms with Crippen LogP contribution in [0, 0.1) is 6.92 Å². The Hall–Kier alpha value is -2.27. The Kier molecular flexibility index (Phi) is 3.48. The number of hydrogen-bond donors (Lipinski definition) is 0. The molecule has 0 unspecified atom stereocenters. The highest BCUT2D eigenvalue weighted by Crippen LogP contribution is 2.45. The number of allylic oxidation sites excluding steroid dienone is 1.